The van der Waals surface area contributed by atoms with Crippen LogP contribution in [0.4, 0.5) is 0 Å². The van der Waals surface area contributed by atoms with Crippen molar-refractivity contribution >= 4 is 11.8 Å². The zero-order valence-corrected chi connectivity index (χ0v) is 27.0. The average Bonchev–Trinajstić information content (AvgIpc) is 2.98. The van der Waals surface area contributed by atoms with Gasteiger partial charge in [-0.3, -0.25) is 9.59 Å². The molecule has 0 aromatic carbocycles. The molecule has 13 atom stereocenters. The van der Waals surface area contributed by atoms with E-state index < -0.39 is 91.1 Å². The van der Waals surface area contributed by atoms with E-state index in [0.29, 0.717) is 32.1 Å². The minimum atomic E-state index is -1.56. The van der Waals surface area contributed by atoms with E-state index in [0.717, 1.165) is 44.9 Å². The number of Topliss-reactive ketones (excluding diaryl/α,β-unsaturated/α-hetero) is 1. The van der Waals surface area contributed by atoms with E-state index in [9.17, 15) is 50.4 Å². The van der Waals surface area contributed by atoms with Crippen LogP contribution in [-0.2, 0) is 23.8 Å². The SMILES string of the molecule is CCCCCCCC(O)C(C(=O)O)C(=O)CC(O)CCCCCCCC1O[C@H](C)[C@@H](O)[C@H](O)[C@@H]1OC1O[C@H](C)[C@@H](O)[C@H](O)[C@@H]1O. The van der Waals surface area contributed by atoms with Gasteiger partial charge in [0.15, 0.2) is 12.1 Å². The number of unbranched alkanes of at least 4 members (excludes halogenated alkanes) is 8. The number of carbonyl (C=O) groups is 2. The third-order valence-electron chi connectivity index (χ3n) is 9.09. The Morgan fingerprint density at radius 2 is 1.27 bits per heavy atom. The minimum Gasteiger partial charge on any atom is -0.481 e. The molecule has 0 bridgehead atoms. The van der Waals surface area contributed by atoms with Crippen LogP contribution in [0, 0.1) is 5.92 Å². The lowest BCUT2D eigenvalue weighted by Crippen LogP contribution is -2.62. The quantitative estimate of drug-likeness (QED) is 0.0646. The van der Waals surface area contributed by atoms with Crippen LogP contribution in [0.3, 0.4) is 0 Å². The fourth-order valence-electron chi connectivity index (χ4n) is 6.16. The number of hydrogen-bond acceptors (Lipinski definition) is 12. The number of carboxylic acids is 1. The zero-order chi connectivity index (χ0) is 33.7. The number of rotatable bonds is 21. The van der Waals surface area contributed by atoms with Crippen LogP contribution in [0.5, 0.6) is 0 Å². The van der Waals surface area contributed by atoms with Crippen LogP contribution in [0.2, 0.25) is 0 Å². The summed E-state index contributed by atoms with van der Waals surface area (Å²) in [6.45, 7) is 5.24. The van der Waals surface area contributed by atoms with E-state index in [1.165, 1.54) is 6.92 Å². The highest BCUT2D eigenvalue weighted by molar-refractivity contribution is 5.99. The number of aliphatic carboxylic acids is 1. The van der Waals surface area contributed by atoms with Crippen molar-refractivity contribution < 1.29 is 64.7 Å². The third-order valence-corrected chi connectivity index (χ3v) is 9.09. The smallest absolute Gasteiger partial charge is 0.316 e. The average molecular weight is 651 g/mol. The Bertz CT molecular complexity index is 859. The van der Waals surface area contributed by atoms with Gasteiger partial charge >= 0.3 is 5.97 Å². The molecule has 5 unspecified atom stereocenters. The summed E-state index contributed by atoms with van der Waals surface area (Å²) < 4.78 is 17.2. The number of carboxylic acid groups (broad SMARTS) is 1. The van der Waals surface area contributed by atoms with Gasteiger partial charge in [-0.15, -0.1) is 0 Å². The summed E-state index contributed by atoms with van der Waals surface area (Å²) >= 11 is 0. The largest absolute Gasteiger partial charge is 0.481 e. The Balaban J connectivity index is 1.74. The van der Waals surface area contributed by atoms with Crippen LogP contribution in [0.1, 0.15) is 111 Å². The number of aliphatic hydroxyl groups excluding tert-OH is 7. The Morgan fingerprint density at radius 1 is 0.711 bits per heavy atom. The molecule has 0 aromatic heterocycles. The zero-order valence-electron chi connectivity index (χ0n) is 27.0. The van der Waals surface area contributed by atoms with Crippen molar-refractivity contribution in [3.05, 3.63) is 0 Å². The van der Waals surface area contributed by atoms with E-state index >= 15 is 0 Å². The Kier molecular flexibility index (Phi) is 17.9. The summed E-state index contributed by atoms with van der Waals surface area (Å²) in [4.78, 5) is 24.2. The lowest BCUT2D eigenvalue weighted by Gasteiger charge is -2.46. The molecule has 0 radical (unpaired) electrons. The monoisotopic (exact) mass is 650 g/mol. The fraction of sp³-hybridized carbons (Fsp3) is 0.938. The molecule has 45 heavy (non-hydrogen) atoms. The molecule has 2 saturated heterocycles. The number of ether oxygens (including phenoxy) is 3. The van der Waals surface area contributed by atoms with E-state index in [1.807, 2.05) is 0 Å². The lowest BCUT2D eigenvalue weighted by atomic mass is 9.89. The van der Waals surface area contributed by atoms with Crippen molar-refractivity contribution in [2.24, 2.45) is 5.92 Å². The van der Waals surface area contributed by atoms with Gasteiger partial charge in [0.1, 0.15) is 42.5 Å². The molecular formula is C32H58O13. The number of hydrogen-bond donors (Lipinski definition) is 8. The van der Waals surface area contributed by atoms with Gasteiger partial charge in [0.05, 0.1) is 30.5 Å². The van der Waals surface area contributed by atoms with Crippen molar-refractivity contribution in [1.29, 1.82) is 0 Å². The second-order valence-electron chi connectivity index (χ2n) is 12.9. The van der Waals surface area contributed by atoms with Crippen molar-refractivity contribution in [3.8, 4) is 0 Å². The first kappa shape index (κ1) is 39.9. The van der Waals surface area contributed by atoms with Crippen LogP contribution in [0.15, 0.2) is 0 Å². The van der Waals surface area contributed by atoms with Crippen molar-refractivity contribution in [2.75, 3.05) is 0 Å². The second-order valence-corrected chi connectivity index (χ2v) is 12.9. The van der Waals surface area contributed by atoms with Gasteiger partial charge < -0.3 is 55.1 Å². The Morgan fingerprint density at radius 3 is 1.91 bits per heavy atom. The van der Waals surface area contributed by atoms with Crippen LogP contribution in [-0.4, -0.2) is 126 Å². The standard InChI is InChI=1S/C32H58O13/c1-4-5-6-8-12-15-21(34)24(31(41)42)22(35)17-20(33)14-11-9-7-10-13-16-23-30(28(39)26(37)18(2)43-23)45-32-29(40)27(38)25(36)19(3)44-32/h18-21,23-30,32-34,36-40H,4-17H2,1-3H3,(H,41,42)/t18-,19-,20?,21?,23?,24?,25-,26-,27+,28+,29+,30-,32?/m1/s1. The van der Waals surface area contributed by atoms with E-state index in [2.05, 4.69) is 6.92 Å². The van der Waals surface area contributed by atoms with Crippen molar-refractivity contribution in [2.45, 2.75) is 184 Å². The first-order valence-corrected chi connectivity index (χ1v) is 16.8. The second kappa shape index (κ2) is 20.2. The summed E-state index contributed by atoms with van der Waals surface area (Å²) in [7, 11) is 0. The molecule has 0 spiro atoms. The molecule has 13 heteroatoms. The highest BCUT2D eigenvalue weighted by Crippen LogP contribution is 2.31. The van der Waals surface area contributed by atoms with Gasteiger partial charge in [0.2, 0.25) is 0 Å². The van der Waals surface area contributed by atoms with Gasteiger partial charge in [-0.25, -0.2) is 0 Å². The summed E-state index contributed by atoms with van der Waals surface area (Å²) in [5.74, 6) is -3.56. The first-order valence-electron chi connectivity index (χ1n) is 16.8. The molecule has 2 aliphatic heterocycles. The van der Waals surface area contributed by atoms with E-state index in [-0.39, 0.29) is 12.8 Å². The lowest BCUT2D eigenvalue weighted by molar-refractivity contribution is -0.335. The predicted molar refractivity (Wildman–Crippen MR) is 162 cm³/mol. The Hall–Kier alpha value is -1.26. The van der Waals surface area contributed by atoms with E-state index in [4.69, 9.17) is 14.2 Å². The molecule has 8 N–H and O–H groups in total. The maximum atomic E-state index is 12.6. The number of ketones is 1. The molecule has 2 aliphatic rings. The number of aliphatic hydroxyl groups is 7. The highest BCUT2D eigenvalue weighted by Gasteiger charge is 2.48. The van der Waals surface area contributed by atoms with Crippen molar-refractivity contribution in [3.63, 3.8) is 0 Å². The maximum Gasteiger partial charge on any atom is 0.316 e. The van der Waals surface area contributed by atoms with Crippen molar-refractivity contribution in [1.82, 2.24) is 0 Å². The first-order chi connectivity index (χ1) is 21.3. The molecule has 13 nitrogen and oxygen atoms in total. The van der Waals surface area contributed by atoms with Crippen LogP contribution >= 0.6 is 0 Å². The molecule has 0 aromatic rings. The highest BCUT2D eigenvalue weighted by atomic mass is 16.7. The predicted octanol–water partition coefficient (Wildman–Crippen LogP) is 1.18. The van der Waals surface area contributed by atoms with Gasteiger partial charge in [0, 0.05) is 6.42 Å². The Labute approximate surface area is 266 Å². The number of carbonyl (C=O) groups excluding carboxylic acids is 1. The molecule has 0 aliphatic carbocycles. The van der Waals surface area contributed by atoms with Crippen LogP contribution < -0.4 is 0 Å². The maximum absolute atomic E-state index is 12.6. The van der Waals surface area contributed by atoms with Gasteiger partial charge in [0.25, 0.3) is 0 Å². The van der Waals surface area contributed by atoms with Crippen LogP contribution in [0.25, 0.3) is 0 Å². The van der Waals surface area contributed by atoms with E-state index in [1.54, 1.807) is 6.92 Å². The minimum absolute atomic E-state index is 0.239. The molecule has 2 rings (SSSR count). The fourth-order valence-corrected chi connectivity index (χ4v) is 6.16. The molecule has 0 saturated carbocycles. The molecular weight excluding hydrogens is 592 g/mol. The third kappa shape index (κ3) is 12.4. The summed E-state index contributed by atoms with van der Waals surface area (Å²) in [6, 6.07) is 0. The topological polar surface area (TPSA) is 224 Å². The van der Waals surface area contributed by atoms with Gasteiger partial charge in [-0.1, -0.05) is 71.1 Å². The van der Waals surface area contributed by atoms with Gasteiger partial charge in [-0.2, -0.15) is 0 Å². The van der Waals surface area contributed by atoms with Gasteiger partial charge in [-0.05, 0) is 33.1 Å². The molecule has 264 valence electrons. The molecule has 0 amide bonds. The summed E-state index contributed by atoms with van der Waals surface area (Å²) in [5, 5.41) is 81.7. The molecule has 2 fully saturated rings. The summed E-state index contributed by atoms with van der Waals surface area (Å²) in [6.07, 6.45) is -4.65. The summed E-state index contributed by atoms with van der Waals surface area (Å²) in [5.41, 5.74) is 0. The normalized spacial score (nSPS) is 34.3. The molecule has 2 heterocycles.